The van der Waals surface area contributed by atoms with Crippen LogP contribution in [0.15, 0.2) is 28.8 Å². The van der Waals surface area contributed by atoms with Gasteiger partial charge in [0.2, 0.25) is 0 Å². The van der Waals surface area contributed by atoms with Crippen molar-refractivity contribution in [2.24, 2.45) is 0 Å². The average molecular weight is 172 g/mol. The van der Waals surface area contributed by atoms with Crippen LogP contribution in [0.1, 0.15) is 11.1 Å². The molecule has 0 saturated carbocycles. The van der Waals surface area contributed by atoms with Crippen molar-refractivity contribution < 1.29 is 4.42 Å². The summed E-state index contributed by atoms with van der Waals surface area (Å²) in [5.41, 5.74) is 3.52. The van der Waals surface area contributed by atoms with E-state index in [2.05, 4.69) is 43.4 Å². The van der Waals surface area contributed by atoms with E-state index in [-0.39, 0.29) is 0 Å². The summed E-state index contributed by atoms with van der Waals surface area (Å²) < 4.78 is 5.09. The largest absolute Gasteiger partial charge is 0.432 e. The molecule has 0 aliphatic rings. The van der Waals surface area contributed by atoms with Gasteiger partial charge in [-0.1, -0.05) is 17.2 Å². The highest BCUT2D eigenvalue weighted by Crippen LogP contribution is 2.20. The van der Waals surface area contributed by atoms with Crippen LogP contribution in [0.3, 0.4) is 0 Å². The maximum Gasteiger partial charge on any atom is 0.284 e. The quantitative estimate of drug-likeness (QED) is 0.661. The number of hydrogen-bond acceptors (Lipinski definition) is 2. The molecule has 0 aliphatic heterocycles. The summed E-state index contributed by atoms with van der Waals surface area (Å²) in [6, 6.07) is 6.27. The van der Waals surface area contributed by atoms with Gasteiger partial charge in [0, 0.05) is 5.56 Å². The zero-order valence-corrected chi connectivity index (χ0v) is 7.66. The molecular formula is C11H10NO. The molecule has 0 saturated heterocycles. The molecular weight excluding hydrogens is 162 g/mol. The van der Waals surface area contributed by atoms with Gasteiger partial charge < -0.3 is 4.42 Å². The van der Waals surface area contributed by atoms with Crippen molar-refractivity contribution in [3.8, 4) is 11.3 Å². The minimum Gasteiger partial charge on any atom is -0.432 e. The molecule has 0 aliphatic carbocycles. The molecule has 13 heavy (non-hydrogen) atoms. The Morgan fingerprint density at radius 2 is 1.85 bits per heavy atom. The molecule has 1 aromatic heterocycles. The fraction of sp³-hybridized carbons (Fsp3) is 0.182. The van der Waals surface area contributed by atoms with Gasteiger partial charge in [-0.15, -0.1) is 0 Å². The molecule has 0 fully saturated rings. The molecule has 2 aromatic rings. The number of benzene rings is 1. The fourth-order valence-electron chi connectivity index (χ4n) is 1.44. The first-order chi connectivity index (χ1) is 6.25. The summed E-state index contributed by atoms with van der Waals surface area (Å²) in [5, 5.41) is 0. The molecule has 1 heterocycles. The first kappa shape index (κ1) is 8.05. The monoisotopic (exact) mass is 172 g/mol. The van der Waals surface area contributed by atoms with Gasteiger partial charge in [0.15, 0.2) is 5.76 Å². The second kappa shape index (κ2) is 3.05. The summed E-state index contributed by atoms with van der Waals surface area (Å²) in [6.07, 6.45) is 4.12. The summed E-state index contributed by atoms with van der Waals surface area (Å²) in [5.74, 6) is 0.770. The van der Waals surface area contributed by atoms with Crippen LogP contribution < -0.4 is 0 Å². The second-order valence-electron chi connectivity index (χ2n) is 3.19. The predicted octanol–water partition coefficient (Wildman–Crippen LogP) is 2.76. The van der Waals surface area contributed by atoms with E-state index in [4.69, 9.17) is 4.42 Å². The van der Waals surface area contributed by atoms with Gasteiger partial charge >= 0.3 is 0 Å². The van der Waals surface area contributed by atoms with Crippen LogP contribution >= 0.6 is 0 Å². The van der Waals surface area contributed by atoms with Crippen molar-refractivity contribution >= 4 is 0 Å². The zero-order valence-electron chi connectivity index (χ0n) is 7.66. The summed E-state index contributed by atoms with van der Waals surface area (Å²) in [6.45, 7) is 4.13. The Balaban J connectivity index is 2.53. The molecule has 65 valence electrons. The Kier molecular flexibility index (Phi) is 1.89. The van der Waals surface area contributed by atoms with Gasteiger partial charge in [0.25, 0.3) is 6.39 Å². The lowest BCUT2D eigenvalue weighted by atomic mass is 10.1. The molecule has 0 N–H and O–H groups in total. The van der Waals surface area contributed by atoms with E-state index in [9.17, 15) is 0 Å². The SMILES string of the molecule is Cc1cc(C)cc(-c2cn[c]o2)c1. The lowest BCUT2D eigenvalue weighted by molar-refractivity contribution is 0.561. The Morgan fingerprint density at radius 3 is 2.38 bits per heavy atom. The average Bonchev–Trinajstić information content (AvgIpc) is 2.53. The van der Waals surface area contributed by atoms with E-state index < -0.39 is 0 Å². The van der Waals surface area contributed by atoms with E-state index in [1.54, 1.807) is 6.20 Å². The smallest absolute Gasteiger partial charge is 0.284 e. The first-order valence-corrected chi connectivity index (χ1v) is 4.16. The lowest BCUT2D eigenvalue weighted by Gasteiger charge is -2.00. The molecule has 2 heteroatoms. The lowest BCUT2D eigenvalue weighted by Crippen LogP contribution is -1.80. The van der Waals surface area contributed by atoms with Crippen molar-refractivity contribution in [2.75, 3.05) is 0 Å². The topological polar surface area (TPSA) is 26.0 Å². The molecule has 1 radical (unpaired) electrons. The molecule has 1 aromatic carbocycles. The van der Waals surface area contributed by atoms with E-state index in [1.807, 2.05) is 0 Å². The molecule has 0 spiro atoms. The number of oxazole rings is 1. The first-order valence-electron chi connectivity index (χ1n) is 4.16. The van der Waals surface area contributed by atoms with E-state index in [0.717, 1.165) is 11.3 Å². The van der Waals surface area contributed by atoms with Gasteiger partial charge in [-0.25, -0.2) is 4.98 Å². The number of nitrogens with zero attached hydrogens (tertiary/aromatic N) is 1. The maximum absolute atomic E-state index is 5.09. The summed E-state index contributed by atoms with van der Waals surface area (Å²) in [7, 11) is 0. The Morgan fingerprint density at radius 1 is 1.15 bits per heavy atom. The molecule has 0 bridgehead atoms. The van der Waals surface area contributed by atoms with Crippen LogP contribution in [0.25, 0.3) is 11.3 Å². The van der Waals surface area contributed by atoms with Crippen LogP contribution in [0, 0.1) is 20.2 Å². The third-order valence-corrected chi connectivity index (χ3v) is 1.90. The predicted molar refractivity (Wildman–Crippen MR) is 50.2 cm³/mol. The molecule has 2 rings (SSSR count). The normalized spacial score (nSPS) is 10.3. The minimum atomic E-state index is 0.770. The van der Waals surface area contributed by atoms with Crippen LogP contribution in [-0.2, 0) is 0 Å². The summed E-state index contributed by atoms with van der Waals surface area (Å²) >= 11 is 0. The van der Waals surface area contributed by atoms with E-state index in [1.165, 1.54) is 11.1 Å². The number of hydrogen-bond donors (Lipinski definition) is 0. The Hall–Kier alpha value is -1.57. The summed E-state index contributed by atoms with van der Waals surface area (Å²) in [4.78, 5) is 3.77. The van der Waals surface area contributed by atoms with Gasteiger partial charge in [0.05, 0.1) is 6.20 Å². The highest BCUT2D eigenvalue weighted by Gasteiger charge is 2.02. The Labute approximate surface area is 77.2 Å². The molecule has 0 amide bonds. The zero-order chi connectivity index (χ0) is 9.26. The fourth-order valence-corrected chi connectivity index (χ4v) is 1.44. The number of aromatic nitrogens is 1. The van der Waals surface area contributed by atoms with E-state index >= 15 is 0 Å². The Bertz CT molecular complexity index is 384. The molecule has 0 atom stereocenters. The van der Waals surface area contributed by atoms with E-state index in [0.29, 0.717) is 0 Å². The van der Waals surface area contributed by atoms with Crippen molar-refractivity contribution in [2.45, 2.75) is 13.8 Å². The van der Waals surface area contributed by atoms with Gasteiger partial charge in [-0.2, -0.15) is 0 Å². The standard InChI is InChI=1S/C11H10NO/c1-8-3-9(2)5-10(4-8)11-6-12-7-13-11/h3-6H,1-2H3. The minimum absolute atomic E-state index is 0.770. The third-order valence-electron chi connectivity index (χ3n) is 1.90. The van der Waals surface area contributed by atoms with Crippen molar-refractivity contribution in [3.05, 3.63) is 41.9 Å². The van der Waals surface area contributed by atoms with Crippen molar-refractivity contribution in [1.82, 2.24) is 4.98 Å². The number of rotatable bonds is 1. The highest BCUT2D eigenvalue weighted by molar-refractivity contribution is 5.58. The maximum atomic E-state index is 5.09. The van der Waals surface area contributed by atoms with Crippen LogP contribution in [0.4, 0.5) is 0 Å². The number of aryl methyl sites for hydroxylation is 2. The van der Waals surface area contributed by atoms with Crippen LogP contribution in [-0.4, -0.2) is 4.98 Å². The highest BCUT2D eigenvalue weighted by atomic mass is 16.3. The third kappa shape index (κ3) is 1.61. The van der Waals surface area contributed by atoms with Crippen molar-refractivity contribution in [3.63, 3.8) is 0 Å². The van der Waals surface area contributed by atoms with Gasteiger partial charge in [-0.05, 0) is 26.0 Å². The van der Waals surface area contributed by atoms with Crippen molar-refractivity contribution in [1.29, 1.82) is 0 Å². The molecule has 2 nitrogen and oxygen atoms in total. The van der Waals surface area contributed by atoms with Gasteiger partial charge in [-0.3, -0.25) is 0 Å². The van der Waals surface area contributed by atoms with Crippen LogP contribution in [0.2, 0.25) is 0 Å². The van der Waals surface area contributed by atoms with Crippen LogP contribution in [0.5, 0.6) is 0 Å². The second-order valence-corrected chi connectivity index (χ2v) is 3.19. The molecule has 0 unspecified atom stereocenters. The van der Waals surface area contributed by atoms with Gasteiger partial charge in [0.1, 0.15) is 0 Å².